The van der Waals surface area contributed by atoms with E-state index in [2.05, 4.69) is 5.32 Å². The number of amides is 1. The minimum Gasteiger partial charge on any atom is -0.493 e. The molecule has 0 aliphatic carbocycles. The van der Waals surface area contributed by atoms with Crippen LogP contribution in [0, 0.1) is 0 Å². The quantitative estimate of drug-likeness (QED) is 0.405. The highest BCUT2D eigenvalue weighted by atomic mass is 35.5. The van der Waals surface area contributed by atoms with E-state index < -0.39 is 5.97 Å². The van der Waals surface area contributed by atoms with Crippen LogP contribution in [0.2, 0.25) is 10.0 Å². The standard InChI is InChI=1S/C19H19Cl2NO4/c1-2-25-16-7-4-3-6-14(16)19(24)22-11-5-8-18(23)26-17-10-9-13(20)12-15(17)21/h3-4,6-7,9-10,12H,2,5,8,11H2,1H3,(H,22,24). The number of halogens is 2. The predicted octanol–water partition coefficient (Wildman–Crippen LogP) is 4.51. The van der Waals surface area contributed by atoms with Gasteiger partial charge < -0.3 is 14.8 Å². The summed E-state index contributed by atoms with van der Waals surface area (Å²) in [6, 6.07) is 11.6. The molecule has 0 unspecified atom stereocenters. The summed E-state index contributed by atoms with van der Waals surface area (Å²) in [6.07, 6.45) is 0.582. The van der Waals surface area contributed by atoms with Gasteiger partial charge in [-0.05, 0) is 43.7 Å². The Morgan fingerprint density at radius 2 is 1.85 bits per heavy atom. The number of rotatable bonds is 8. The number of hydrogen-bond donors (Lipinski definition) is 1. The molecule has 0 aromatic heterocycles. The van der Waals surface area contributed by atoms with Crippen molar-refractivity contribution in [2.75, 3.05) is 13.2 Å². The molecular weight excluding hydrogens is 377 g/mol. The van der Waals surface area contributed by atoms with Crippen LogP contribution < -0.4 is 14.8 Å². The Bertz CT molecular complexity index is 780. The molecule has 0 heterocycles. The normalized spacial score (nSPS) is 10.3. The molecule has 0 saturated carbocycles. The summed E-state index contributed by atoms with van der Waals surface area (Å²) in [5.74, 6) is 0.112. The number of esters is 1. The van der Waals surface area contributed by atoms with Gasteiger partial charge in [0.1, 0.15) is 11.5 Å². The van der Waals surface area contributed by atoms with Gasteiger partial charge >= 0.3 is 5.97 Å². The maximum absolute atomic E-state index is 12.2. The van der Waals surface area contributed by atoms with Crippen LogP contribution in [0.25, 0.3) is 0 Å². The van der Waals surface area contributed by atoms with Crippen LogP contribution in [0.3, 0.4) is 0 Å². The van der Waals surface area contributed by atoms with E-state index in [0.717, 1.165) is 0 Å². The van der Waals surface area contributed by atoms with Crippen LogP contribution >= 0.6 is 23.2 Å². The van der Waals surface area contributed by atoms with Gasteiger partial charge in [-0.3, -0.25) is 9.59 Å². The SMILES string of the molecule is CCOc1ccccc1C(=O)NCCCC(=O)Oc1ccc(Cl)cc1Cl. The van der Waals surface area contributed by atoms with Crippen LogP contribution in [0.5, 0.6) is 11.5 Å². The summed E-state index contributed by atoms with van der Waals surface area (Å²) in [5.41, 5.74) is 0.463. The Hall–Kier alpha value is -2.24. The first-order chi connectivity index (χ1) is 12.5. The van der Waals surface area contributed by atoms with Crippen molar-refractivity contribution >= 4 is 35.1 Å². The molecule has 1 N–H and O–H groups in total. The van der Waals surface area contributed by atoms with Gasteiger partial charge in [0, 0.05) is 18.0 Å². The monoisotopic (exact) mass is 395 g/mol. The van der Waals surface area contributed by atoms with Crippen molar-refractivity contribution in [3.05, 3.63) is 58.1 Å². The molecule has 0 aliphatic heterocycles. The van der Waals surface area contributed by atoms with Gasteiger partial charge in [-0.1, -0.05) is 35.3 Å². The Balaban J connectivity index is 1.78. The lowest BCUT2D eigenvalue weighted by Gasteiger charge is -2.10. The highest BCUT2D eigenvalue weighted by Crippen LogP contribution is 2.27. The summed E-state index contributed by atoms with van der Waals surface area (Å²) >= 11 is 11.7. The molecule has 1 amide bonds. The smallest absolute Gasteiger partial charge is 0.311 e. The van der Waals surface area contributed by atoms with Gasteiger partial charge in [0.15, 0.2) is 0 Å². The van der Waals surface area contributed by atoms with E-state index in [1.807, 2.05) is 6.92 Å². The number of para-hydroxylation sites is 1. The minimum absolute atomic E-state index is 0.145. The lowest BCUT2D eigenvalue weighted by Crippen LogP contribution is -2.25. The second-order valence-electron chi connectivity index (χ2n) is 5.34. The van der Waals surface area contributed by atoms with Gasteiger partial charge in [-0.15, -0.1) is 0 Å². The zero-order valence-corrected chi connectivity index (χ0v) is 15.8. The van der Waals surface area contributed by atoms with E-state index in [9.17, 15) is 9.59 Å². The lowest BCUT2D eigenvalue weighted by molar-refractivity contribution is -0.134. The highest BCUT2D eigenvalue weighted by Gasteiger charge is 2.12. The van der Waals surface area contributed by atoms with Gasteiger partial charge in [0.25, 0.3) is 5.91 Å². The van der Waals surface area contributed by atoms with Gasteiger partial charge in [-0.25, -0.2) is 0 Å². The van der Waals surface area contributed by atoms with Crippen molar-refractivity contribution in [1.82, 2.24) is 5.32 Å². The van der Waals surface area contributed by atoms with Crippen LogP contribution in [0.15, 0.2) is 42.5 Å². The van der Waals surface area contributed by atoms with Crippen molar-refractivity contribution in [3.8, 4) is 11.5 Å². The van der Waals surface area contributed by atoms with Gasteiger partial charge in [0.05, 0.1) is 17.2 Å². The fourth-order valence-corrected chi connectivity index (χ4v) is 2.64. The van der Waals surface area contributed by atoms with E-state index in [-0.39, 0.29) is 23.1 Å². The third-order valence-corrected chi connectivity index (χ3v) is 3.92. The van der Waals surface area contributed by atoms with Crippen molar-refractivity contribution in [2.24, 2.45) is 0 Å². The molecule has 0 radical (unpaired) electrons. The van der Waals surface area contributed by atoms with Crippen LogP contribution in [-0.4, -0.2) is 25.0 Å². The molecular formula is C19H19Cl2NO4. The average Bonchev–Trinajstić information content (AvgIpc) is 2.62. The summed E-state index contributed by atoms with van der Waals surface area (Å²) < 4.78 is 10.6. The second kappa shape index (κ2) is 10.0. The summed E-state index contributed by atoms with van der Waals surface area (Å²) in [4.78, 5) is 24.1. The molecule has 2 aromatic rings. The summed E-state index contributed by atoms with van der Waals surface area (Å²) in [6.45, 7) is 2.67. The molecule has 0 spiro atoms. The van der Waals surface area contributed by atoms with E-state index in [1.54, 1.807) is 30.3 Å². The van der Waals surface area contributed by atoms with Crippen molar-refractivity contribution in [2.45, 2.75) is 19.8 Å². The predicted molar refractivity (Wildman–Crippen MR) is 101 cm³/mol. The summed E-state index contributed by atoms with van der Waals surface area (Å²) in [5, 5.41) is 3.50. The molecule has 138 valence electrons. The Morgan fingerprint density at radius 3 is 2.58 bits per heavy atom. The third-order valence-electron chi connectivity index (χ3n) is 3.39. The van der Waals surface area contributed by atoms with Crippen molar-refractivity contribution in [3.63, 3.8) is 0 Å². The number of nitrogens with one attached hydrogen (secondary N) is 1. The van der Waals surface area contributed by atoms with Crippen molar-refractivity contribution in [1.29, 1.82) is 0 Å². The van der Waals surface area contributed by atoms with E-state index in [0.29, 0.717) is 35.9 Å². The Morgan fingerprint density at radius 1 is 1.08 bits per heavy atom. The van der Waals surface area contributed by atoms with Gasteiger partial charge in [-0.2, -0.15) is 0 Å². The van der Waals surface area contributed by atoms with E-state index in [4.69, 9.17) is 32.7 Å². The molecule has 2 rings (SSSR count). The number of benzene rings is 2. The van der Waals surface area contributed by atoms with Gasteiger partial charge in [0.2, 0.25) is 0 Å². The highest BCUT2D eigenvalue weighted by molar-refractivity contribution is 6.35. The van der Waals surface area contributed by atoms with Crippen LogP contribution in [0.1, 0.15) is 30.1 Å². The molecule has 0 bridgehead atoms. The number of carbonyl (C=O) groups excluding carboxylic acids is 2. The summed E-state index contributed by atoms with van der Waals surface area (Å²) in [7, 11) is 0. The Kier molecular flexibility index (Phi) is 7.75. The van der Waals surface area contributed by atoms with Crippen LogP contribution in [-0.2, 0) is 4.79 Å². The third kappa shape index (κ3) is 5.93. The average molecular weight is 396 g/mol. The lowest BCUT2D eigenvalue weighted by atomic mass is 10.2. The van der Waals surface area contributed by atoms with Crippen molar-refractivity contribution < 1.29 is 19.1 Å². The molecule has 0 saturated heterocycles. The van der Waals surface area contributed by atoms with E-state index >= 15 is 0 Å². The first kappa shape index (κ1) is 20.1. The zero-order chi connectivity index (χ0) is 18.9. The largest absolute Gasteiger partial charge is 0.493 e. The molecule has 2 aromatic carbocycles. The van der Waals surface area contributed by atoms with E-state index in [1.165, 1.54) is 12.1 Å². The molecule has 5 nitrogen and oxygen atoms in total. The maximum Gasteiger partial charge on any atom is 0.311 e. The fourth-order valence-electron chi connectivity index (χ4n) is 2.20. The number of hydrogen-bond acceptors (Lipinski definition) is 4. The fraction of sp³-hybridized carbons (Fsp3) is 0.263. The maximum atomic E-state index is 12.2. The molecule has 7 heteroatoms. The van der Waals surface area contributed by atoms with Crippen LogP contribution in [0.4, 0.5) is 0 Å². The first-order valence-corrected chi connectivity index (χ1v) is 8.92. The molecule has 0 fully saturated rings. The topological polar surface area (TPSA) is 64.6 Å². The molecule has 0 atom stereocenters. The number of ether oxygens (including phenoxy) is 2. The zero-order valence-electron chi connectivity index (χ0n) is 14.3. The molecule has 0 aliphatic rings. The molecule has 26 heavy (non-hydrogen) atoms. The first-order valence-electron chi connectivity index (χ1n) is 8.17. The second-order valence-corrected chi connectivity index (χ2v) is 6.18. The minimum atomic E-state index is -0.432. The Labute approximate surface area is 162 Å². The number of carbonyl (C=O) groups is 2.